The summed E-state index contributed by atoms with van der Waals surface area (Å²) in [6.45, 7) is 0.791. The standard InChI is InChI=1S/C13H20ClN3O2/c1-16-12(19-2)9-11(15-16)13(18)17-8-4-3-5-10(17)6-7-14/h9-10H,3-8H2,1-2H3. The molecule has 106 valence electrons. The van der Waals surface area contributed by atoms with E-state index in [1.807, 2.05) is 4.90 Å². The molecule has 0 saturated carbocycles. The second-order valence-electron chi connectivity index (χ2n) is 4.82. The highest BCUT2D eigenvalue weighted by Crippen LogP contribution is 2.23. The summed E-state index contributed by atoms with van der Waals surface area (Å²) in [5.74, 6) is 1.16. The predicted octanol–water partition coefficient (Wildman–Crippen LogP) is 2.05. The van der Waals surface area contributed by atoms with Crippen molar-refractivity contribution < 1.29 is 9.53 Å². The Hall–Kier alpha value is -1.23. The van der Waals surface area contributed by atoms with Gasteiger partial charge in [-0.1, -0.05) is 0 Å². The normalized spacial score (nSPS) is 19.5. The maximum Gasteiger partial charge on any atom is 0.274 e. The molecule has 1 aromatic rings. The highest BCUT2D eigenvalue weighted by Gasteiger charge is 2.28. The van der Waals surface area contributed by atoms with Crippen LogP contribution in [0.1, 0.15) is 36.2 Å². The minimum absolute atomic E-state index is 0.0197. The Morgan fingerprint density at radius 2 is 2.37 bits per heavy atom. The van der Waals surface area contributed by atoms with Crippen molar-refractivity contribution in [1.29, 1.82) is 0 Å². The number of nitrogens with zero attached hydrogens (tertiary/aromatic N) is 3. The molecule has 1 atom stereocenters. The molecule has 1 unspecified atom stereocenters. The van der Waals surface area contributed by atoms with Gasteiger partial charge in [-0.25, -0.2) is 4.68 Å². The molecular formula is C13H20ClN3O2. The molecule has 0 bridgehead atoms. The number of methoxy groups -OCH3 is 1. The van der Waals surface area contributed by atoms with Crippen molar-refractivity contribution in [3.8, 4) is 5.88 Å². The summed E-state index contributed by atoms with van der Waals surface area (Å²) in [4.78, 5) is 14.4. The minimum Gasteiger partial charge on any atom is -0.481 e. The molecule has 1 amide bonds. The lowest BCUT2D eigenvalue weighted by molar-refractivity contribution is 0.0602. The van der Waals surface area contributed by atoms with Gasteiger partial charge in [-0.2, -0.15) is 5.10 Å². The lowest BCUT2D eigenvalue weighted by atomic mass is 9.99. The van der Waals surface area contributed by atoms with Crippen LogP contribution in [0.5, 0.6) is 5.88 Å². The van der Waals surface area contributed by atoms with Gasteiger partial charge in [0.1, 0.15) is 0 Å². The number of ether oxygens (including phenoxy) is 1. The first-order valence-electron chi connectivity index (χ1n) is 6.62. The monoisotopic (exact) mass is 285 g/mol. The molecule has 1 aliphatic rings. The van der Waals surface area contributed by atoms with Gasteiger partial charge in [-0.3, -0.25) is 4.79 Å². The first-order chi connectivity index (χ1) is 9.17. The zero-order valence-corrected chi connectivity index (χ0v) is 12.2. The van der Waals surface area contributed by atoms with Gasteiger partial charge in [0.25, 0.3) is 5.91 Å². The molecule has 0 spiro atoms. The molecule has 1 fully saturated rings. The van der Waals surface area contributed by atoms with Crippen LogP contribution in [0.3, 0.4) is 0 Å². The van der Waals surface area contributed by atoms with Crippen molar-refractivity contribution in [2.45, 2.75) is 31.7 Å². The van der Waals surface area contributed by atoms with Crippen LogP contribution in [0, 0.1) is 0 Å². The van der Waals surface area contributed by atoms with E-state index >= 15 is 0 Å². The summed E-state index contributed by atoms with van der Waals surface area (Å²) in [6.07, 6.45) is 4.09. The zero-order chi connectivity index (χ0) is 13.8. The maximum absolute atomic E-state index is 12.5. The van der Waals surface area contributed by atoms with Crippen LogP contribution in [0.15, 0.2) is 6.07 Å². The van der Waals surface area contributed by atoms with Crippen molar-refractivity contribution in [1.82, 2.24) is 14.7 Å². The van der Waals surface area contributed by atoms with Crippen LogP contribution < -0.4 is 4.74 Å². The van der Waals surface area contributed by atoms with E-state index in [2.05, 4.69) is 5.10 Å². The van der Waals surface area contributed by atoms with E-state index in [0.717, 1.165) is 32.2 Å². The van der Waals surface area contributed by atoms with E-state index in [-0.39, 0.29) is 11.9 Å². The van der Waals surface area contributed by atoms with E-state index in [1.54, 1.807) is 24.9 Å². The van der Waals surface area contributed by atoms with Crippen molar-refractivity contribution in [2.75, 3.05) is 19.5 Å². The number of rotatable bonds is 4. The Morgan fingerprint density at radius 1 is 1.58 bits per heavy atom. The number of hydrogen-bond acceptors (Lipinski definition) is 3. The van der Waals surface area contributed by atoms with Crippen LogP contribution in [0.25, 0.3) is 0 Å². The van der Waals surface area contributed by atoms with Crippen LogP contribution in [0.4, 0.5) is 0 Å². The van der Waals surface area contributed by atoms with E-state index in [1.165, 1.54) is 0 Å². The third-order valence-corrected chi connectivity index (χ3v) is 3.81. The molecule has 6 heteroatoms. The largest absolute Gasteiger partial charge is 0.481 e. The second-order valence-corrected chi connectivity index (χ2v) is 5.20. The summed E-state index contributed by atoms with van der Waals surface area (Å²) in [6, 6.07) is 1.93. The van der Waals surface area contributed by atoms with Crippen molar-refractivity contribution >= 4 is 17.5 Å². The molecule has 0 aliphatic carbocycles. The molecular weight excluding hydrogens is 266 g/mol. The van der Waals surface area contributed by atoms with E-state index in [0.29, 0.717) is 17.5 Å². The topological polar surface area (TPSA) is 47.4 Å². The molecule has 2 rings (SSSR count). The molecule has 1 aromatic heterocycles. The van der Waals surface area contributed by atoms with Gasteiger partial charge < -0.3 is 9.64 Å². The number of halogens is 1. The Morgan fingerprint density at radius 3 is 3.00 bits per heavy atom. The lowest BCUT2D eigenvalue weighted by Gasteiger charge is -2.35. The van der Waals surface area contributed by atoms with Crippen LogP contribution in [-0.4, -0.2) is 46.2 Å². The maximum atomic E-state index is 12.5. The number of alkyl halides is 1. The van der Waals surface area contributed by atoms with Gasteiger partial charge in [-0.15, -0.1) is 11.6 Å². The highest BCUT2D eigenvalue weighted by atomic mass is 35.5. The zero-order valence-electron chi connectivity index (χ0n) is 11.4. The molecule has 19 heavy (non-hydrogen) atoms. The number of carbonyl (C=O) groups is 1. The fourth-order valence-electron chi connectivity index (χ4n) is 2.59. The predicted molar refractivity (Wildman–Crippen MR) is 73.8 cm³/mol. The Labute approximate surface area is 118 Å². The number of aromatic nitrogens is 2. The average Bonchev–Trinajstić information content (AvgIpc) is 2.80. The first-order valence-corrected chi connectivity index (χ1v) is 7.15. The Balaban J connectivity index is 2.16. The van der Waals surface area contributed by atoms with Gasteiger partial charge in [-0.05, 0) is 25.7 Å². The fourth-order valence-corrected chi connectivity index (χ4v) is 2.84. The minimum atomic E-state index is -0.0197. The molecule has 0 radical (unpaired) electrons. The van der Waals surface area contributed by atoms with Gasteiger partial charge in [0, 0.05) is 31.6 Å². The van der Waals surface area contributed by atoms with Crippen LogP contribution in [-0.2, 0) is 7.05 Å². The Kier molecular flexibility index (Phi) is 4.69. The fraction of sp³-hybridized carbons (Fsp3) is 0.692. The van der Waals surface area contributed by atoms with Crippen molar-refractivity contribution in [2.24, 2.45) is 7.05 Å². The first kappa shape index (κ1) is 14.2. The van der Waals surface area contributed by atoms with E-state index < -0.39 is 0 Å². The SMILES string of the molecule is COc1cc(C(=O)N2CCCCC2CCCl)nn1C. The summed E-state index contributed by atoms with van der Waals surface area (Å²) < 4.78 is 6.72. The third-order valence-electron chi connectivity index (χ3n) is 3.60. The third kappa shape index (κ3) is 3.03. The summed E-state index contributed by atoms with van der Waals surface area (Å²) >= 11 is 5.82. The van der Waals surface area contributed by atoms with Crippen LogP contribution >= 0.6 is 11.6 Å². The smallest absolute Gasteiger partial charge is 0.274 e. The second kappa shape index (κ2) is 6.28. The number of piperidine rings is 1. The van der Waals surface area contributed by atoms with Gasteiger partial charge in [0.05, 0.1) is 7.11 Å². The molecule has 0 N–H and O–H groups in total. The number of aryl methyl sites for hydroxylation is 1. The van der Waals surface area contributed by atoms with Gasteiger partial charge in [0.2, 0.25) is 5.88 Å². The number of amides is 1. The number of likely N-dealkylation sites (tertiary alicyclic amines) is 1. The number of carbonyl (C=O) groups excluding carboxylic acids is 1. The summed E-state index contributed by atoms with van der Waals surface area (Å²) in [7, 11) is 3.34. The van der Waals surface area contributed by atoms with Gasteiger partial charge in [0.15, 0.2) is 5.69 Å². The molecule has 1 saturated heterocycles. The molecule has 1 aliphatic heterocycles. The Bertz CT molecular complexity index is 445. The van der Waals surface area contributed by atoms with Crippen molar-refractivity contribution in [3.63, 3.8) is 0 Å². The average molecular weight is 286 g/mol. The van der Waals surface area contributed by atoms with E-state index in [4.69, 9.17) is 16.3 Å². The van der Waals surface area contributed by atoms with Crippen molar-refractivity contribution in [3.05, 3.63) is 11.8 Å². The van der Waals surface area contributed by atoms with E-state index in [9.17, 15) is 4.79 Å². The lowest BCUT2D eigenvalue weighted by Crippen LogP contribution is -2.44. The highest BCUT2D eigenvalue weighted by molar-refractivity contribution is 6.17. The summed E-state index contributed by atoms with van der Waals surface area (Å²) in [5.41, 5.74) is 0.445. The number of hydrogen-bond donors (Lipinski definition) is 0. The quantitative estimate of drug-likeness (QED) is 0.796. The molecule has 5 nitrogen and oxygen atoms in total. The molecule has 2 heterocycles. The summed E-state index contributed by atoms with van der Waals surface area (Å²) in [5, 5.41) is 4.22. The van der Waals surface area contributed by atoms with Crippen LogP contribution in [0.2, 0.25) is 0 Å². The van der Waals surface area contributed by atoms with Gasteiger partial charge >= 0.3 is 0 Å². The molecule has 0 aromatic carbocycles.